The standard InChI is InChI=1S/C17H17NO/c18-13-5-4-6-15-9-11-17(12-10-15)19-14-16-7-2-1-3-8-16/h1-3,7-12H,4-6,14H2. The summed E-state index contributed by atoms with van der Waals surface area (Å²) in [6, 6.07) is 20.4. The fraction of sp³-hybridized carbons (Fsp3) is 0.235. The van der Waals surface area contributed by atoms with Crippen LogP contribution in [0.4, 0.5) is 0 Å². The molecule has 0 aliphatic heterocycles. The van der Waals surface area contributed by atoms with Gasteiger partial charge >= 0.3 is 0 Å². The van der Waals surface area contributed by atoms with Crippen LogP contribution in [0.25, 0.3) is 0 Å². The lowest BCUT2D eigenvalue weighted by atomic mass is 10.1. The molecule has 19 heavy (non-hydrogen) atoms. The van der Waals surface area contributed by atoms with Crippen LogP contribution in [0.15, 0.2) is 54.6 Å². The Bertz CT molecular complexity index is 525. The highest BCUT2D eigenvalue weighted by Crippen LogP contribution is 2.15. The smallest absolute Gasteiger partial charge is 0.119 e. The van der Waals surface area contributed by atoms with Gasteiger partial charge in [0.15, 0.2) is 0 Å². The van der Waals surface area contributed by atoms with Crippen LogP contribution in [0.2, 0.25) is 0 Å². The van der Waals surface area contributed by atoms with Crippen molar-refractivity contribution in [3.05, 3.63) is 65.7 Å². The summed E-state index contributed by atoms with van der Waals surface area (Å²) in [6.45, 7) is 0.592. The Labute approximate surface area is 114 Å². The van der Waals surface area contributed by atoms with Crippen molar-refractivity contribution >= 4 is 0 Å². The van der Waals surface area contributed by atoms with Crippen molar-refractivity contribution < 1.29 is 4.74 Å². The van der Waals surface area contributed by atoms with Gasteiger partial charge in [0.25, 0.3) is 0 Å². The normalized spacial score (nSPS) is 9.84. The van der Waals surface area contributed by atoms with Crippen molar-refractivity contribution in [1.29, 1.82) is 5.26 Å². The van der Waals surface area contributed by atoms with E-state index < -0.39 is 0 Å². The maximum Gasteiger partial charge on any atom is 0.119 e. The fourth-order valence-corrected chi connectivity index (χ4v) is 1.86. The van der Waals surface area contributed by atoms with Crippen LogP contribution in [0, 0.1) is 11.3 Å². The number of unbranched alkanes of at least 4 members (excludes halogenated alkanes) is 1. The highest BCUT2D eigenvalue weighted by Gasteiger charge is 1.97. The van der Waals surface area contributed by atoms with E-state index in [0.29, 0.717) is 13.0 Å². The molecule has 2 rings (SSSR count). The second-order valence-electron chi connectivity index (χ2n) is 4.43. The summed E-state index contributed by atoms with van der Waals surface area (Å²) < 4.78 is 5.72. The number of nitrogens with zero attached hydrogens (tertiary/aromatic N) is 1. The van der Waals surface area contributed by atoms with Crippen LogP contribution in [0.3, 0.4) is 0 Å². The molecule has 0 N–H and O–H groups in total. The van der Waals surface area contributed by atoms with E-state index in [2.05, 4.69) is 30.3 Å². The first-order chi connectivity index (χ1) is 9.38. The Hall–Kier alpha value is -2.27. The molecule has 0 heterocycles. The molecule has 0 saturated carbocycles. The zero-order valence-electron chi connectivity index (χ0n) is 10.9. The van der Waals surface area contributed by atoms with Crippen molar-refractivity contribution in [2.75, 3.05) is 0 Å². The van der Waals surface area contributed by atoms with Gasteiger partial charge in [-0.2, -0.15) is 5.26 Å². The predicted octanol–water partition coefficient (Wildman–Crippen LogP) is 4.11. The van der Waals surface area contributed by atoms with Crippen LogP contribution < -0.4 is 4.74 Å². The zero-order valence-corrected chi connectivity index (χ0v) is 10.9. The molecule has 96 valence electrons. The highest BCUT2D eigenvalue weighted by atomic mass is 16.5. The maximum absolute atomic E-state index is 8.50. The molecule has 2 aromatic rings. The molecular formula is C17H17NO. The molecule has 0 radical (unpaired) electrons. The van der Waals surface area contributed by atoms with Gasteiger partial charge in [-0.15, -0.1) is 0 Å². The molecule has 2 aromatic carbocycles. The van der Waals surface area contributed by atoms with Gasteiger partial charge in [0, 0.05) is 6.42 Å². The third-order valence-corrected chi connectivity index (χ3v) is 2.93. The lowest BCUT2D eigenvalue weighted by Crippen LogP contribution is -1.95. The van der Waals surface area contributed by atoms with Gasteiger partial charge in [-0.1, -0.05) is 42.5 Å². The van der Waals surface area contributed by atoms with Gasteiger partial charge in [-0.05, 0) is 36.1 Å². The summed E-state index contributed by atoms with van der Waals surface area (Å²) >= 11 is 0. The molecule has 0 unspecified atom stereocenters. The van der Waals surface area contributed by atoms with Crippen molar-refractivity contribution in [1.82, 2.24) is 0 Å². The van der Waals surface area contributed by atoms with Crippen molar-refractivity contribution in [3.8, 4) is 11.8 Å². The molecule has 0 bridgehead atoms. The third kappa shape index (κ3) is 4.48. The topological polar surface area (TPSA) is 33.0 Å². The fourth-order valence-electron chi connectivity index (χ4n) is 1.86. The Kier molecular flexibility index (Phi) is 5.01. The molecular weight excluding hydrogens is 234 g/mol. The molecule has 0 fully saturated rings. The quantitative estimate of drug-likeness (QED) is 0.724. The highest BCUT2D eigenvalue weighted by molar-refractivity contribution is 5.28. The number of aryl methyl sites for hydroxylation is 1. The van der Waals surface area contributed by atoms with E-state index in [1.165, 1.54) is 11.1 Å². The average molecular weight is 251 g/mol. The van der Waals surface area contributed by atoms with Gasteiger partial charge in [0.1, 0.15) is 12.4 Å². The van der Waals surface area contributed by atoms with E-state index in [0.717, 1.165) is 18.6 Å². The van der Waals surface area contributed by atoms with Crippen LogP contribution in [-0.2, 0) is 13.0 Å². The Morgan fingerprint density at radius 1 is 0.895 bits per heavy atom. The van der Waals surface area contributed by atoms with E-state index in [1.54, 1.807) is 0 Å². The lowest BCUT2D eigenvalue weighted by Gasteiger charge is -2.07. The number of benzene rings is 2. The minimum atomic E-state index is 0.592. The van der Waals surface area contributed by atoms with Gasteiger partial charge in [0.2, 0.25) is 0 Å². The van der Waals surface area contributed by atoms with Crippen LogP contribution in [0.5, 0.6) is 5.75 Å². The molecule has 0 spiro atoms. The van der Waals surface area contributed by atoms with Crippen molar-refractivity contribution in [3.63, 3.8) is 0 Å². The largest absolute Gasteiger partial charge is 0.489 e. The molecule has 0 amide bonds. The van der Waals surface area contributed by atoms with Gasteiger partial charge in [0.05, 0.1) is 6.07 Å². The number of nitriles is 1. The first kappa shape index (κ1) is 13.2. The molecule has 2 nitrogen and oxygen atoms in total. The summed E-state index contributed by atoms with van der Waals surface area (Å²) in [5.74, 6) is 0.882. The van der Waals surface area contributed by atoms with Crippen molar-refractivity contribution in [2.45, 2.75) is 25.9 Å². The van der Waals surface area contributed by atoms with Crippen LogP contribution in [-0.4, -0.2) is 0 Å². The van der Waals surface area contributed by atoms with Crippen LogP contribution in [0.1, 0.15) is 24.0 Å². The monoisotopic (exact) mass is 251 g/mol. The maximum atomic E-state index is 8.50. The third-order valence-electron chi connectivity index (χ3n) is 2.93. The number of hydrogen-bond acceptors (Lipinski definition) is 2. The molecule has 0 aliphatic rings. The van der Waals surface area contributed by atoms with E-state index >= 15 is 0 Å². The minimum Gasteiger partial charge on any atom is -0.489 e. The summed E-state index contributed by atoms with van der Waals surface area (Å²) in [6.07, 6.45) is 2.49. The SMILES string of the molecule is N#CCCCc1ccc(OCc2ccccc2)cc1. The average Bonchev–Trinajstić information content (AvgIpc) is 2.48. The van der Waals surface area contributed by atoms with E-state index in [4.69, 9.17) is 10.00 Å². The first-order valence-electron chi connectivity index (χ1n) is 6.51. The van der Waals surface area contributed by atoms with Crippen LogP contribution >= 0.6 is 0 Å². The molecule has 0 saturated heterocycles. The molecule has 0 atom stereocenters. The summed E-state index contributed by atoms with van der Waals surface area (Å²) in [4.78, 5) is 0. The van der Waals surface area contributed by atoms with Gasteiger partial charge < -0.3 is 4.74 Å². The van der Waals surface area contributed by atoms with Gasteiger partial charge in [-0.3, -0.25) is 0 Å². The zero-order chi connectivity index (χ0) is 13.3. The van der Waals surface area contributed by atoms with E-state index in [-0.39, 0.29) is 0 Å². The second kappa shape index (κ2) is 7.23. The van der Waals surface area contributed by atoms with E-state index in [9.17, 15) is 0 Å². The number of rotatable bonds is 6. The lowest BCUT2D eigenvalue weighted by molar-refractivity contribution is 0.306. The van der Waals surface area contributed by atoms with Gasteiger partial charge in [-0.25, -0.2) is 0 Å². The van der Waals surface area contributed by atoms with E-state index in [1.807, 2.05) is 30.3 Å². The minimum absolute atomic E-state index is 0.592. The molecule has 0 aliphatic carbocycles. The summed E-state index contributed by atoms with van der Waals surface area (Å²) in [7, 11) is 0. The Morgan fingerprint density at radius 3 is 2.32 bits per heavy atom. The number of ether oxygens (including phenoxy) is 1. The Balaban J connectivity index is 1.83. The van der Waals surface area contributed by atoms with Crippen molar-refractivity contribution in [2.24, 2.45) is 0 Å². The summed E-state index contributed by atoms with van der Waals surface area (Å²) in [5.41, 5.74) is 2.42. The molecule has 2 heteroatoms. The second-order valence-corrected chi connectivity index (χ2v) is 4.43. The number of hydrogen-bond donors (Lipinski definition) is 0. The molecule has 0 aromatic heterocycles. The first-order valence-corrected chi connectivity index (χ1v) is 6.51. The predicted molar refractivity (Wildman–Crippen MR) is 75.8 cm³/mol. The Morgan fingerprint density at radius 2 is 1.63 bits per heavy atom. The summed E-state index contributed by atoms with van der Waals surface area (Å²) in [5, 5.41) is 8.50.